The Labute approximate surface area is 270 Å². The third kappa shape index (κ3) is 8.32. The van der Waals surface area contributed by atoms with Gasteiger partial charge in [0.2, 0.25) is 5.91 Å². The Bertz CT molecular complexity index is 1430. The quantitative estimate of drug-likeness (QED) is 0.174. The molecule has 2 aliphatic rings. The lowest BCUT2D eigenvalue weighted by molar-refractivity contribution is -0.124. The summed E-state index contributed by atoms with van der Waals surface area (Å²) < 4.78 is 16.7. The van der Waals surface area contributed by atoms with Crippen molar-refractivity contribution in [2.45, 2.75) is 77.7 Å². The first kappa shape index (κ1) is 32.7. The van der Waals surface area contributed by atoms with Gasteiger partial charge in [-0.25, -0.2) is 9.59 Å². The Kier molecular flexibility index (Phi) is 10.9. The SMILES string of the molecule is CC1CCC(C(=O)N(c2cc(-c3ccccc3)sc2C(=O)OC(OC(=O)OC(C)C)c2ccccc2)C2CCN(C)CC2)CC1. The number of anilines is 1. The summed E-state index contributed by atoms with van der Waals surface area (Å²) >= 11 is 1.29. The van der Waals surface area contributed by atoms with Crippen LogP contribution in [0.25, 0.3) is 10.4 Å². The second-order valence-corrected chi connectivity index (χ2v) is 13.6. The third-order valence-electron chi connectivity index (χ3n) is 8.69. The molecule has 1 atom stereocenters. The number of benzene rings is 2. The zero-order valence-corrected chi connectivity index (χ0v) is 27.5. The number of rotatable bonds is 9. The maximum absolute atomic E-state index is 14.5. The van der Waals surface area contributed by atoms with Crippen LogP contribution < -0.4 is 4.90 Å². The minimum absolute atomic E-state index is 0.0417. The highest BCUT2D eigenvalue weighted by Crippen LogP contribution is 2.42. The Morgan fingerprint density at radius 1 is 0.844 bits per heavy atom. The standard InChI is InChI=1S/C36H44N2O6S/c1-24(2)42-36(41)44-35(28-13-9-6-10-14-28)43-34(40)32-30(23-31(45-32)26-11-7-5-8-12-26)38(29-19-21-37(4)22-20-29)33(39)27-17-15-25(3)16-18-27/h5-14,23-25,27,29,35H,15-22H2,1-4H3. The van der Waals surface area contributed by atoms with Gasteiger partial charge in [0.1, 0.15) is 4.88 Å². The molecule has 1 amide bonds. The fraction of sp³-hybridized carbons (Fsp3) is 0.472. The second-order valence-electron chi connectivity index (χ2n) is 12.6. The third-order valence-corrected chi connectivity index (χ3v) is 9.85. The van der Waals surface area contributed by atoms with Crippen LogP contribution in [0.1, 0.15) is 80.8 Å². The van der Waals surface area contributed by atoms with Crippen molar-refractivity contribution >= 4 is 35.1 Å². The Balaban J connectivity index is 1.54. The van der Waals surface area contributed by atoms with Crippen LogP contribution in [-0.4, -0.2) is 55.2 Å². The molecule has 8 nitrogen and oxygen atoms in total. The van der Waals surface area contributed by atoms with E-state index in [-0.39, 0.29) is 17.9 Å². The Morgan fingerprint density at radius 3 is 2.09 bits per heavy atom. The van der Waals surface area contributed by atoms with E-state index in [0.29, 0.717) is 22.0 Å². The topological polar surface area (TPSA) is 85.4 Å². The molecule has 2 fully saturated rings. The van der Waals surface area contributed by atoms with Crippen LogP contribution in [0, 0.1) is 11.8 Å². The predicted octanol–water partition coefficient (Wildman–Crippen LogP) is 8.09. The number of carbonyl (C=O) groups excluding carboxylic acids is 3. The summed E-state index contributed by atoms with van der Waals surface area (Å²) in [6.07, 6.45) is 2.70. The number of esters is 1. The molecule has 1 unspecified atom stereocenters. The van der Waals surface area contributed by atoms with Gasteiger partial charge in [0.05, 0.1) is 11.8 Å². The van der Waals surface area contributed by atoms with Crippen molar-refractivity contribution in [1.29, 1.82) is 0 Å². The van der Waals surface area contributed by atoms with Crippen molar-refractivity contribution < 1.29 is 28.6 Å². The lowest BCUT2D eigenvalue weighted by atomic mass is 9.82. The molecule has 9 heteroatoms. The van der Waals surface area contributed by atoms with Gasteiger partial charge in [0, 0.05) is 22.4 Å². The molecular weight excluding hydrogens is 588 g/mol. The minimum Gasteiger partial charge on any atom is -0.431 e. The molecular formula is C36H44N2O6S. The number of hydrogen-bond donors (Lipinski definition) is 0. The lowest BCUT2D eigenvalue weighted by Gasteiger charge is -2.40. The minimum atomic E-state index is -1.33. The van der Waals surface area contributed by atoms with Crippen LogP contribution in [0.2, 0.25) is 0 Å². The van der Waals surface area contributed by atoms with Gasteiger partial charge in [-0.15, -0.1) is 11.3 Å². The molecule has 0 spiro atoms. The van der Waals surface area contributed by atoms with Crippen LogP contribution >= 0.6 is 11.3 Å². The van der Waals surface area contributed by atoms with Gasteiger partial charge in [0.15, 0.2) is 0 Å². The molecule has 2 aromatic carbocycles. The van der Waals surface area contributed by atoms with E-state index < -0.39 is 24.5 Å². The van der Waals surface area contributed by atoms with Gasteiger partial charge < -0.3 is 24.0 Å². The normalized spacial score (nSPS) is 19.9. The van der Waals surface area contributed by atoms with Gasteiger partial charge in [0.25, 0.3) is 6.29 Å². The van der Waals surface area contributed by atoms with Crippen LogP contribution in [0.15, 0.2) is 66.7 Å². The molecule has 1 saturated heterocycles. The smallest absolute Gasteiger partial charge is 0.431 e. The molecule has 240 valence electrons. The van der Waals surface area contributed by atoms with Crippen LogP contribution in [0.5, 0.6) is 0 Å². The van der Waals surface area contributed by atoms with Gasteiger partial charge >= 0.3 is 12.1 Å². The van der Waals surface area contributed by atoms with Crippen molar-refractivity contribution in [3.63, 3.8) is 0 Å². The molecule has 3 aromatic rings. The Hall–Kier alpha value is -3.69. The molecule has 1 saturated carbocycles. The number of carbonyl (C=O) groups is 3. The average molecular weight is 633 g/mol. The van der Waals surface area contributed by atoms with E-state index in [0.717, 1.165) is 62.1 Å². The van der Waals surface area contributed by atoms with Gasteiger partial charge in [-0.05, 0) is 90.1 Å². The highest BCUT2D eigenvalue weighted by Gasteiger charge is 2.38. The van der Waals surface area contributed by atoms with Crippen molar-refractivity contribution in [2.75, 3.05) is 25.0 Å². The highest BCUT2D eigenvalue weighted by molar-refractivity contribution is 7.18. The molecule has 0 N–H and O–H groups in total. The van der Waals surface area contributed by atoms with Crippen molar-refractivity contribution in [2.24, 2.45) is 11.8 Å². The summed E-state index contributed by atoms with van der Waals surface area (Å²) in [4.78, 5) is 46.6. The molecule has 0 radical (unpaired) electrons. The van der Waals surface area contributed by atoms with Crippen LogP contribution in [0.3, 0.4) is 0 Å². The fourth-order valence-electron chi connectivity index (χ4n) is 6.13. The maximum Gasteiger partial charge on any atom is 0.511 e. The number of hydrogen-bond acceptors (Lipinski definition) is 8. The number of ether oxygens (including phenoxy) is 3. The fourth-order valence-corrected chi connectivity index (χ4v) is 7.17. The maximum atomic E-state index is 14.5. The molecule has 1 aromatic heterocycles. The van der Waals surface area contributed by atoms with E-state index in [1.807, 2.05) is 47.4 Å². The number of likely N-dealkylation sites (tertiary alicyclic amines) is 1. The van der Waals surface area contributed by atoms with E-state index in [1.54, 1.807) is 38.1 Å². The largest absolute Gasteiger partial charge is 0.511 e. The van der Waals surface area contributed by atoms with Crippen molar-refractivity contribution in [3.8, 4) is 10.4 Å². The summed E-state index contributed by atoms with van der Waals surface area (Å²) in [7, 11) is 2.10. The monoisotopic (exact) mass is 632 g/mol. The summed E-state index contributed by atoms with van der Waals surface area (Å²) in [6.45, 7) is 7.42. The summed E-state index contributed by atoms with van der Waals surface area (Å²) in [5, 5.41) is 0. The summed E-state index contributed by atoms with van der Waals surface area (Å²) in [6, 6.07) is 20.6. The number of amides is 1. The average Bonchev–Trinajstić information content (AvgIpc) is 3.48. The van der Waals surface area contributed by atoms with E-state index in [4.69, 9.17) is 14.2 Å². The van der Waals surface area contributed by atoms with Gasteiger partial charge in [-0.3, -0.25) is 4.79 Å². The highest BCUT2D eigenvalue weighted by atomic mass is 32.1. The molecule has 1 aliphatic carbocycles. The van der Waals surface area contributed by atoms with E-state index >= 15 is 0 Å². The molecule has 2 heterocycles. The number of piperidine rings is 1. The van der Waals surface area contributed by atoms with Gasteiger partial charge in [-0.1, -0.05) is 67.6 Å². The summed E-state index contributed by atoms with van der Waals surface area (Å²) in [5.41, 5.74) is 2.01. The van der Waals surface area contributed by atoms with Gasteiger partial charge in [-0.2, -0.15) is 0 Å². The van der Waals surface area contributed by atoms with E-state index in [1.165, 1.54) is 11.3 Å². The second kappa shape index (κ2) is 15.1. The lowest BCUT2D eigenvalue weighted by Crippen LogP contribution is -2.49. The molecule has 1 aliphatic heterocycles. The first-order valence-electron chi connectivity index (χ1n) is 16.0. The summed E-state index contributed by atoms with van der Waals surface area (Å²) in [5.74, 6) is -0.0545. The Morgan fingerprint density at radius 2 is 1.47 bits per heavy atom. The van der Waals surface area contributed by atoms with Crippen LogP contribution in [0.4, 0.5) is 10.5 Å². The zero-order chi connectivity index (χ0) is 31.9. The van der Waals surface area contributed by atoms with Crippen molar-refractivity contribution in [1.82, 2.24) is 4.90 Å². The van der Waals surface area contributed by atoms with E-state index in [2.05, 4.69) is 18.9 Å². The zero-order valence-electron chi connectivity index (χ0n) is 26.6. The molecule has 0 bridgehead atoms. The predicted molar refractivity (Wildman–Crippen MR) is 176 cm³/mol. The first-order valence-corrected chi connectivity index (χ1v) is 16.8. The number of thiophene rings is 1. The molecule has 5 rings (SSSR count). The van der Waals surface area contributed by atoms with Crippen LogP contribution in [-0.2, 0) is 19.0 Å². The molecule has 45 heavy (non-hydrogen) atoms. The van der Waals surface area contributed by atoms with Crippen molar-refractivity contribution in [3.05, 3.63) is 77.2 Å². The van der Waals surface area contributed by atoms with E-state index in [9.17, 15) is 14.4 Å². The first-order chi connectivity index (χ1) is 21.7. The number of nitrogens with zero attached hydrogens (tertiary/aromatic N) is 2.